The summed E-state index contributed by atoms with van der Waals surface area (Å²) in [6, 6.07) is 8.03. The second kappa shape index (κ2) is 6.19. The van der Waals surface area contributed by atoms with Crippen molar-refractivity contribution in [2.45, 2.75) is 6.42 Å². The second-order valence-electron chi connectivity index (χ2n) is 3.34. The first-order valence-electron chi connectivity index (χ1n) is 5.02. The molecule has 0 spiro atoms. The van der Waals surface area contributed by atoms with Crippen molar-refractivity contribution in [3.8, 4) is 0 Å². The molecule has 6 nitrogen and oxygen atoms in total. The molecular weight excluding hydrogens is 238 g/mol. The maximum atomic E-state index is 11.6. The van der Waals surface area contributed by atoms with Crippen molar-refractivity contribution in [1.29, 1.82) is 0 Å². The Hall–Kier alpha value is -2.63. The van der Waals surface area contributed by atoms with E-state index < -0.39 is 30.0 Å². The van der Waals surface area contributed by atoms with Crippen molar-refractivity contribution < 1.29 is 24.6 Å². The van der Waals surface area contributed by atoms with Gasteiger partial charge in [-0.15, -0.1) is 0 Å². The number of carbonyl (C=O) groups is 3. The molecule has 0 saturated carbocycles. The van der Waals surface area contributed by atoms with Gasteiger partial charge in [-0.3, -0.25) is 9.59 Å². The number of benzene rings is 1. The van der Waals surface area contributed by atoms with Crippen LogP contribution in [0.3, 0.4) is 0 Å². The van der Waals surface area contributed by atoms with E-state index in [1.165, 1.54) is 12.1 Å². The van der Waals surface area contributed by atoms with Crippen LogP contribution in [0.4, 0.5) is 0 Å². The lowest BCUT2D eigenvalue weighted by Crippen LogP contribution is -2.27. The average molecular weight is 249 g/mol. The minimum absolute atomic E-state index is 0.292. The first kappa shape index (κ1) is 13.4. The number of rotatable bonds is 5. The van der Waals surface area contributed by atoms with Crippen molar-refractivity contribution >= 4 is 17.8 Å². The van der Waals surface area contributed by atoms with Gasteiger partial charge in [0.05, 0.1) is 6.42 Å². The number of hydrogen-bond donors (Lipinski definition) is 3. The Bertz CT molecular complexity index is 492. The Kier molecular flexibility index (Phi) is 4.62. The number of amides is 1. The number of nitrogens with one attached hydrogen (secondary N) is 1. The Balaban J connectivity index is 2.79. The molecule has 1 amide bonds. The van der Waals surface area contributed by atoms with Gasteiger partial charge < -0.3 is 15.5 Å². The molecule has 0 saturated heterocycles. The highest BCUT2D eigenvalue weighted by Gasteiger charge is 2.13. The molecule has 0 fully saturated rings. The van der Waals surface area contributed by atoms with E-state index in [0.717, 1.165) is 6.08 Å². The summed E-state index contributed by atoms with van der Waals surface area (Å²) in [5.74, 6) is -3.17. The van der Waals surface area contributed by atoms with Crippen LogP contribution < -0.4 is 5.32 Å². The zero-order valence-electron chi connectivity index (χ0n) is 9.29. The summed E-state index contributed by atoms with van der Waals surface area (Å²) in [4.78, 5) is 32.8. The van der Waals surface area contributed by atoms with E-state index >= 15 is 0 Å². The largest absolute Gasteiger partial charge is 0.481 e. The van der Waals surface area contributed by atoms with Gasteiger partial charge in [-0.2, -0.15) is 0 Å². The van der Waals surface area contributed by atoms with Crippen molar-refractivity contribution in [3.63, 3.8) is 0 Å². The maximum Gasteiger partial charge on any atom is 0.352 e. The molecule has 3 N–H and O–H groups in total. The third-order valence-corrected chi connectivity index (χ3v) is 2.00. The molecule has 94 valence electrons. The molecular formula is C12H11NO5. The molecule has 0 aliphatic rings. The first-order chi connectivity index (χ1) is 8.50. The fourth-order valence-corrected chi connectivity index (χ4v) is 1.17. The van der Waals surface area contributed by atoms with Gasteiger partial charge in [-0.1, -0.05) is 18.2 Å². The minimum Gasteiger partial charge on any atom is -0.481 e. The van der Waals surface area contributed by atoms with Crippen molar-refractivity contribution in [3.05, 3.63) is 47.7 Å². The molecule has 0 heterocycles. The van der Waals surface area contributed by atoms with Crippen LogP contribution in [0.25, 0.3) is 0 Å². The monoisotopic (exact) mass is 249 g/mol. The molecule has 1 aromatic carbocycles. The van der Waals surface area contributed by atoms with Crippen LogP contribution in [0.1, 0.15) is 16.8 Å². The molecule has 0 radical (unpaired) electrons. The molecule has 0 aliphatic carbocycles. The fourth-order valence-electron chi connectivity index (χ4n) is 1.17. The summed E-state index contributed by atoms with van der Waals surface area (Å²) in [7, 11) is 0. The van der Waals surface area contributed by atoms with Crippen LogP contribution in [-0.2, 0) is 9.59 Å². The van der Waals surface area contributed by atoms with Gasteiger partial charge in [0.25, 0.3) is 5.91 Å². The summed E-state index contributed by atoms with van der Waals surface area (Å²) in [5, 5.41) is 19.4. The topological polar surface area (TPSA) is 104 Å². The number of carbonyl (C=O) groups excluding carboxylic acids is 1. The average Bonchev–Trinajstić information content (AvgIpc) is 2.34. The van der Waals surface area contributed by atoms with E-state index in [0.29, 0.717) is 5.56 Å². The summed E-state index contributed by atoms with van der Waals surface area (Å²) < 4.78 is 0. The molecule has 1 aromatic rings. The third-order valence-electron chi connectivity index (χ3n) is 2.00. The van der Waals surface area contributed by atoms with Crippen LogP contribution in [0.2, 0.25) is 0 Å². The van der Waals surface area contributed by atoms with Crippen LogP contribution >= 0.6 is 0 Å². The minimum atomic E-state index is -1.39. The molecule has 0 aliphatic heterocycles. The molecule has 0 unspecified atom stereocenters. The van der Waals surface area contributed by atoms with E-state index in [9.17, 15) is 14.4 Å². The lowest BCUT2D eigenvalue weighted by molar-refractivity contribution is -0.136. The highest BCUT2D eigenvalue weighted by molar-refractivity contribution is 6.00. The zero-order chi connectivity index (χ0) is 13.5. The first-order valence-corrected chi connectivity index (χ1v) is 5.02. The van der Waals surface area contributed by atoms with E-state index in [1.807, 2.05) is 0 Å². The van der Waals surface area contributed by atoms with Gasteiger partial charge in [-0.25, -0.2) is 4.79 Å². The summed E-state index contributed by atoms with van der Waals surface area (Å²) in [5.41, 5.74) is -0.161. The predicted molar refractivity (Wildman–Crippen MR) is 61.9 cm³/mol. The van der Waals surface area contributed by atoms with Crippen molar-refractivity contribution in [2.75, 3.05) is 0 Å². The predicted octanol–water partition coefficient (Wildman–Crippen LogP) is 0.860. The van der Waals surface area contributed by atoms with Gasteiger partial charge >= 0.3 is 11.9 Å². The Morgan fingerprint density at radius 3 is 2.22 bits per heavy atom. The molecule has 0 bridgehead atoms. The maximum absolute atomic E-state index is 11.6. The molecule has 6 heteroatoms. The summed E-state index contributed by atoms with van der Waals surface area (Å²) >= 11 is 0. The van der Waals surface area contributed by atoms with Crippen LogP contribution in [-0.4, -0.2) is 28.1 Å². The van der Waals surface area contributed by atoms with Crippen LogP contribution in [0, 0.1) is 0 Å². The molecule has 0 atom stereocenters. The van der Waals surface area contributed by atoms with Gasteiger partial charge in [0.1, 0.15) is 5.70 Å². The Morgan fingerprint density at radius 1 is 1.11 bits per heavy atom. The van der Waals surface area contributed by atoms with E-state index in [-0.39, 0.29) is 0 Å². The Labute approximate surface area is 103 Å². The fraction of sp³-hybridized carbons (Fsp3) is 0.0833. The molecule has 1 rings (SSSR count). The Morgan fingerprint density at radius 2 is 1.72 bits per heavy atom. The number of carboxylic acids is 2. The highest BCUT2D eigenvalue weighted by Crippen LogP contribution is 2.01. The van der Waals surface area contributed by atoms with Gasteiger partial charge in [-0.05, 0) is 18.2 Å². The number of hydrogen-bond acceptors (Lipinski definition) is 3. The van der Waals surface area contributed by atoms with E-state index in [1.54, 1.807) is 18.2 Å². The number of aliphatic carboxylic acids is 2. The normalized spacial score (nSPS) is 10.8. The van der Waals surface area contributed by atoms with Crippen LogP contribution in [0.5, 0.6) is 0 Å². The second-order valence-corrected chi connectivity index (χ2v) is 3.34. The molecule has 18 heavy (non-hydrogen) atoms. The highest BCUT2D eigenvalue weighted by atomic mass is 16.4. The van der Waals surface area contributed by atoms with Gasteiger partial charge in [0.15, 0.2) is 0 Å². The van der Waals surface area contributed by atoms with Crippen molar-refractivity contribution in [2.24, 2.45) is 0 Å². The smallest absolute Gasteiger partial charge is 0.352 e. The zero-order valence-corrected chi connectivity index (χ0v) is 9.29. The standard InChI is InChI=1S/C12H11NO5/c14-10(15)7-6-9(12(17)18)13-11(16)8-4-2-1-3-5-8/h1-6H,7H2,(H,13,16)(H,14,15)(H,17,18)/b9-6+. The third kappa shape index (κ3) is 4.09. The molecule has 0 aromatic heterocycles. The van der Waals surface area contributed by atoms with Gasteiger partial charge in [0.2, 0.25) is 0 Å². The lowest BCUT2D eigenvalue weighted by Gasteiger charge is -2.05. The van der Waals surface area contributed by atoms with E-state index in [2.05, 4.69) is 5.32 Å². The van der Waals surface area contributed by atoms with Gasteiger partial charge in [0, 0.05) is 5.56 Å². The van der Waals surface area contributed by atoms with Crippen molar-refractivity contribution in [1.82, 2.24) is 5.32 Å². The quantitative estimate of drug-likeness (QED) is 0.671. The summed E-state index contributed by atoms with van der Waals surface area (Å²) in [6.07, 6.45) is 0.461. The van der Waals surface area contributed by atoms with Crippen LogP contribution in [0.15, 0.2) is 42.1 Å². The lowest BCUT2D eigenvalue weighted by atomic mass is 10.2. The SMILES string of the molecule is O=C(O)C/C=C(/NC(=O)c1ccccc1)C(=O)O. The van der Waals surface area contributed by atoms with E-state index in [4.69, 9.17) is 10.2 Å². The number of carboxylic acid groups (broad SMARTS) is 2. The summed E-state index contributed by atoms with van der Waals surface area (Å²) in [6.45, 7) is 0.